The van der Waals surface area contributed by atoms with E-state index in [0.717, 1.165) is 19.3 Å². The van der Waals surface area contributed by atoms with Gasteiger partial charge in [0.25, 0.3) is 0 Å². The van der Waals surface area contributed by atoms with Crippen LogP contribution in [-0.2, 0) is 9.53 Å². The standard InChI is InChI=1S/C13H20N2O2/c1-2-3-6-9-17-10-13(16)15-12-8-5-4-7-11(12)14/h4-5,7-8H,2-3,6,9-10,14H2,1H3,(H,15,16). The van der Waals surface area contributed by atoms with Crippen LogP contribution in [0.5, 0.6) is 0 Å². The fourth-order valence-corrected chi connectivity index (χ4v) is 1.42. The van der Waals surface area contributed by atoms with Crippen LogP contribution in [0, 0.1) is 0 Å². The van der Waals surface area contributed by atoms with Gasteiger partial charge >= 0.3 is 0 Å². The summed E-state index contributed by atoms with van der Waals surface area (Å²) in [6, 6.07) is 7.17. The topological polar surface area (TPSA) is 64.3 Å². The molecule has 1 aromatic rings. The van der Waals surface area contributed by atoms with Gasteiger partial charge in [0.2, 0.25) is 5.91 Å². The molecule has 0 saturated carbocycles. The number of anilines is 2. The number of ether oxygens (including phenoxy) is 1. The molecule has 1 amide bonds. The predicted molar refractivity (Wildman–Crippen MR) is 69.8 cm³/mol. The summed E-state index contributed by atoms with van der Waals surface area (Å²) in [5.74, 6) is -0.167. The van der Waals surface area contributed by atoms with Gasteiger partial charge in [0.05, 0.1) is 11.4 Å². The van der Waals surface area contributed by atoms with Gasteiger partial charge in [-0.3, -0.25) is 4.79 Å². The molecule has 0 heterocycles. The van der Waals surface area contributed by atoms with Gasteiger partial charge in [0.15, 0.2) is 0 Å². The van der Waals surface area contributed by atoms with Gasteiger partial charge in [0.1, 0.15) is 6.61 Å². The fraction of sp³-hybridized carbons (Fsp3) is 0.462. The minimum absolute atomic E-state index is 0.0814. The van der Waals surface area contributed by atoms with E-state index in [4.69, 9.17) is 10.5 Å². The molecular weight excluding hydrogens is 216 g/mol. The van der Waals surface area contributed by atoms with E-state index in [1.807, 2.05) is 12.1 Å². The molecule has 0 aliphatic heterocycles. The molecule has 17 heavy (non-hydrogen) atoms. The van der Waals surface area contributed by atoms with Crippen LogP contribution in [0.1, 0.15) is 26.2 Å². The Bertz CT molecular complexity index is 353. The van der Waals surface area contributed by atoms with Crippen LogP contribution >= 0.6 is 0 Å². The Kier molecular flexibility index (Phi) is 6.10. The fourth-order valence-electron chi connectivity index (χ4n) is 1.42. The van der Waals surface area contributed by atoms with Crippen molar-refractivity contribution in [3.63, 3.8) is 0 Å². The lowest BCUT2D eigenvalue weighted by Gasteiger charge is -2.08. The van der Waals surface area contributed by atoms with Crippen molar-refractivity contribution >= 4 is 17.3 Å². The highest BCUT2D eigenvalue weighted by Crippen LogP contribution is 2.16. The average molecular weight is 236 g/mol. The molecule has 0 atom stereocenters. The minimum atomic E-state index is -0.167. The zero-order valence-corrected chi connectivity index (χ0v) is 10.2. The lowest BCUT2D eigenvalue weighted by molar-refractivity contribution is -0.120. The number of nitrogens with one attached hydrogen (secondary N) is 1. The summed E-state index contributed by atoms with van der Waals surface area (Å²) in [7, 11) is 0. The third-order valence-corrected chi connectivity index (χ3v) is 2.36. The van der Waals surface area contributed by atoms with Crippen molar-refractivity contribution in [2.75, 3.05) is 24.3 Å². The largest absolute Gasteiger partial charge is 0.397 e. The first kappa shape index (κ1) is 13.5. The van der Waals surface area contributed by atoms with Crippen LogP contribution in [-0.4, -0.2) is 19.1 Å². The number of para-hydroxylation sites is 2. The average Bonchev–Trinajstić information content (AvgIpc) is 2.32. The van der Waals surface area contributed by atoms with Crippen LogP contribution in [0.15, 0.2) is 24.3 Å². The van der Waals surface area contributed by atoms with Gasteiger partial charge in [-0.25, -0.2) is 0 Å². The second-order valence-corrected chi connectivity index (χ2v) is 3.90. The Morgan fingerprint density at radius 2 is 2.12 bits per heavy atom. The highest BCUT2D eigenvalue weighted by Gasteiger charge is 2.04. The molecule has 0 bridgehead atoms. The number of amides is 1. The van der Waals surface area contributed by atoms with Crippen LogP contribution in [0.25, 0.3) is 0 Å². The molecule has 94 valence electrons. The monoisotopic (exact) mass is 236 g/mol. The predicted octanol–water partition coefficient (Wildman–Crippen LogP) is 2.41. The molecule has 0 unspecified atom stereocenters. The smallest absolute Gasteiger partial charge is 0.250 e. The summed E-state index contributed by atoms with van der Waals surface area (Å²) in [6.45, 7) is 2.84. The summed E-state index contributed by atoms with van der Waals surface area (Å²) >= 11 is 0. The molecule has 0 fully saturated rings. The molecule has 0 saturated heterocycles. The summed E-state index contributed by atoms with van der Waals surface area (Å²) in [4.78, 5) is 11.5. The highest BCUT2D eigenvalue weighted by atomic mass is 16.5. The Morgan fingerprint density at radius 1 is 1.35 bits per heavy atom. The maximum atomic E-state index is 11.5. The summed E-state index contributed by atoms with van der Waals surface area (Å²) in [5, 5.41) is 2.71. The lowest BCUT2D eigenvalue weighted by atomic mass is 10.2. The first-order valence-corrected chi connectivity index (χ1v) is 5.96. The van der Waals surface area contributed by atoms with Gasteiger partial charge in [-0.1, -0.05) is 31.9 Å². The van der Waals surface area contributed by atoms with Gasteiger partial charge in [-0.05, 0) is 18.6 Å². The molecule has 4 nitrogen and oxygen atoms in total. The van der Waals surface area contributed by atoms with Crippen molar-refractivity contribution in [1.29, 1.82) is 0 Å². The van der Waals surface area contributed by atoms with E-state index in [1.54, 1.807) is 12.1 Å². The molecular formula is C13H20N2O2. The van der Waals surface area contributed by atoms with E-state index in [-0.39, 0.29) is 12.5 Å². The van der Waals surface area contributed by atoms with Crippen LogP contribution in [0.4, 0.5) is 11.4 Å². The Labute approximate surface area is 102 Å². The molecule has 0 radical (unpaired) electrons. The Hall–Kier alpha value is -1.55. The van der Waals surface area contributed by atoms with Crippen molar-refractivity contribution in [3.8, 4) is 0 Å². The number of hydrogen-bond acceptors (Lipinski definition) is 3. The molecule has 1 aromatic carbocycles. The number of nitrogen functional groups attached to an aromatic ring is 1. The quantitative estimate of drug-likeness (QED) is 0.564. The first-order chi connectivity index (χ1) is 8.24. The maximum absolute atomic E-state index is 11.5. The van der Waals surface area contributed by atoms with Gasteiger partial charge < -0.3 is 15.8 Å². The minimum Gasteiger partial charge on any atom is -0.397 e. The van der Waals surface area contributed by atoms with Crippen molar-refractivity contribution in [2.24, 2.45) is 0 Å². The van der Waals surface area contributed by atoms with Gasteiger partial charge in [0, 0.05) is 6.61 Å². The number of hydrogen-bond donors (Lipinski definition) is 2. The molecule has 0 spiro atoms. The van der Waals surface area contributed by atoms with Crippen molar-refractivity contribution in [2.45, 2.75) is 26.2 Å². The molecule has 4 heteroatoms. The number of rotatable bonds is 7. The van der Waals surface area contributed by atoms with E-state index in [2.05, 4.69) is 12.2 Å². The SMILES string of the molecule is CCCCCOCC(=O)Nc1ccccc1N. The number of carbonyl (C=O) groups excluding carboxylic acids is 1. The normalized spacial score (nSPS) is 10.2. The summed E-state index contributed by atoms with van der Waals surface area (Å²) in [5.41, 5.74) is 6.90. The molecule has 1 rings (SSSR count). The van der Waals surface area contributed by atoms with Crippen molar-refractivity contribution in [3.05, 3.63) is 24.3 Å². The number of unbranched alkanes of at least 4 members (excludes halogenated alkanes) is 2. The van der Waals surface area contributed by atoms with Gasteiger partial charge in [-0.2, -0.15) is 0 Å². The molecule has 3 N–H and O–H groups in total. The van der Waals surface area contributed by atoms with E-state index in [0.29, 0.717) is 18.0 Å². The maximum Gasteiger partial charge on any atom is 0.250 e. The van der Waals surface area contributed by atoms with E-state index in [1.165, 1.54) is 0 Å². The van der Waals surface area contributed by atoms with Crippen LogP contribution in [0.3, 0.4) is 0 Å². The Balaban J connectivity index is 2.23. The van der Waals surface area contributed by atoms with E-state index >= 15 is 0 Å². The lowest BCUT2D eigenvalue weighted by Crippen LogP contribution is -2.19. The molecule has 0 aliphatic rings. The second kappa shape index (κ2) is 7.68. The number of carbonyl (C=O) groups is 1. The van der Waals surface area contributed by atoms with E-state index in [9.17, 15) is 4.79 Å². The van der Waals surface area contributed by atoms with Crippen LogP contribution in [0.2, 0.25) is 0 Å². The highest BCUT2D eigenvalue weighted by molar-refractivity contribution is 5.94. The zero-order valence-electron chi connectivity index (χ0n) is 10.2. The summed E-state index contributed by atoms with van der Waals surface area (Å²) < 4.78 is 5.26. The molecule has 0 aliphatic carbocycles. The number of benzene rings is 1. The van der Waals surface area contributed by atoms with Gasteiger partial charge in [-0.15, -0.1) is 0 Å². The summed E-state index contributed by atoms with van der Waals surface area (Å²) in [6.07, 6.45) is 3.28. The van der Waals surface area contributed by atoms with E-state index < -0.39 is 0 Å². The molecule has 0 aromatic heterocycles. The second-order valence-electron chi connectivity index (χ2n) is 3.90. The van der Waals surface area contributed by atoms with Crippen LogP contribution < -0.4 is 11.1 Å². The third kappa shape index (κ3) is 5.36. The Morgan fingerprint density at radius 3 is 2.82 bits per heavy atom. The zero-order chi connectivity index (χ0) is 12.5. The van der Waals surface area contributed by atoms with Crippen molar-refractivity contribution < 1.29 is 9.53 Å². The third-order valence-electron chi connectivity index (χ3n) is 2.36. The van der Waals surface area contributed by atoms with Crippen molar-refractivity contribution in [1.82, 2.24) is 0 Å². The first-order valence-electron chi connectivity index (χ1n) is 5.96. The number of nitrogens with two attached hydrogens (primary N) is 1.